The normalized spacial score (nSPS) is 16.1. The van der Waals surface area contributed by atoms with E-state index in [2.05, 4.69) is 183 Å². The third kappa shape index (κ3) is 6.02. The van der Waals surface area contributed by atoms with Gasteiger partial charge in [-0.15, -0.1) is 0 Å². The lowest BCUT2D eigenvalue weighted by Crippen LogP contribution is -2.63. The number of nitrogens with zero attached hydrogens (tertiary/aromatic N) is 2. The van der Waals surface area contributed by atoms with Gasteiger partial charge in [0.15, 0.2) is 11.5 Å². The molecule has 2 aromatic heterocycles. The number of hydrogen-bond acceptors (Lipinski definition) is 6. The number of ether oxygens (including phenoxy) is 2. The van der Waals surface area contributed by atoms with Crippen molar-refractivity contribution in [2.45, 2.75) is 40.2 Å². The molecule has 0 amide bonds. The molecule has 65 heavy (non-hydrogen) atoms. The van der Waals surface area contributed by atoms with Crippen molar-refractivity contribution < 1.29 is 18.3 Å². The van der Waals surface area contributed by atoms with Crippen LogP contribution in [0.3, 0.4) is 0 Å². The highest BCUT2D eigenvalue weighted by molar-refractivity contribution is 7.00. The molecule has 0 spiro atoms. The van der Waals surface area contributed by atoms with Crippen LogP contribution >= 0.6 is 0 Å². The molecule has 13 rings (SSSR count). The summed E-state index contributed by atoms with van der Waals surface area (Å²) in [6, 6.07) is 56.6. The van der Waals surface area contributed by atoms with Crippen molar-refractivity contribution in [1.29, 1.82) is 0 Å². The molecule has 0 fully saturated rings. The van der Waals surface area contributed by atoms with Crippen molar-refractivity contribution in [2.75, 3.05) is 16.6 Å². The molecule has 5 heterocycles. The Morgan fingerprint density at radius 3 is 1.95 bits per heavy atom. The number of aryl methyl sites for hydroxylation is 1. The van der Waals surface area contributed by atoms with E-state index in [1.165, 1.54) is 44.3 Å². The van der Waals surface area contributed by atoms with Gasteiger partial charge in [0.05, 0.1) is 6.04 Å². The number of hydrogen-bond donors (Lipinski definition) is 0. The van der Waals surface area contributed by atoms with Crippen molar-refractivity contribution in [3.05, 3.63) is 187 Å². The van der Waals surface area contributed by atoms with E-state index in [1.807, 2.05) is 24.3 Å². The molecule has 9 aromatic rings. The molecule has 7 heteroatoms. The number of anilines is 5. The monoisotopic (exact) mass is 844 g/mol. The van der Waals surface area contributed by atoms with Gasteiger partial charge in [0.25, 0.3) is 6.71 Å². The minimum Gasteiger partial charge on any atom is -0.456 e. The summed E-state index contributed by atoms with van der Waals surface area (Å²) in [5.41, 5.74) is 18.1. The average molecular weight is 845 g/mol. The van der Waals surface area contributed by atoms with Crippen molar-refractivity contribution >= 4 is 79.0 Å². The Kier molecular flexibility index (Phi) is 8.27. The fourth-order valence-electron chi connectivity index (χ4n) is 10.7. The number of rotatable bonds is 5. The summed E-state index contributed by atoms with van der Waals surface area (Å²) in [5.74, 6) is 3.22. The molecule has 0 radical (unpaired) electrons. The fraction of sp³-hybridized carbons (Fsp3) is 0.138. The van der Waals surface area contributed by atoms with E-state index in [0.29, 0.717) is 0 Å². The van der Waals surface area contributed by atoms with Crippen LogP contribution in [-0.4, -0.2) is 19.5 Å². The zero-order valence-electron chi connectivity index (χ0n) is 36.8. The third-order valence-corrected chi connectivity index (χ3v) is 13.8. The molecule has 7 aromatic carbocycles. The lowest BCUT2D eigenvalue weighted by molar-refractivity contribution is 0.174. The molecule has 1 atom stereocenters. The van der Waals surface area contributed by atoms with Crippen LogP contribution in [0.4, 0.5) is 28.4 Å². The van der Waals surface area contributed by atoms with Crippen molar-refractivity contribution in [3.8, 4) is 34.1 Å². The number of fused-ring (bicyclic) bond motifs is 7. The van der Waals surface area contributed by atoms with Gasteiger partial charge in [-0.3, -0.25) is 0 Å². The second-order valence-electron chi connectivity index (χ2n) is 18.9. The molecular weight excluding hydrogens is 799 g/mol. The minimum absolute atomic E-state index is 0.00353. The number of benzene rings is 7. The van der Waals surface area contributed by atoms with E-state index in [4.69, 9.17) is 18.3 Å². The second kappa shape index (κ2) is 14.2. The molecule has 1 unspecified atom stereocenters. The van der Waals surface area contributed by atoms with E-state index in [0.717, 1.165) is 85.3 Å². The van der Waals surface area contributed by atoms with Gasteiger partial charge in [0, 0.05) is 56.4 Å². The Hall–Kier alpha value is -7.64. The summed E-state index contributed by atoms with van der Waals surface area (Å²) in [6.07, 6.45) is 5.76. The van der Waals surface area contributed by atoms with Gasteiger partial charge in [-0.2, -0.15) is 0 Å². The Morgan fingerprint density at radius 2 is 1.23 bits per heavy atom. The van der Waals surface area contributed by atoms with Crippen LogP contribution in [0.2, 0.25) is 0 Å². The van der Waals surface area contributed by atoms with Crippen molar-refractivity contribution in [1.82, 2.24) is 0 Å². The summed E-state index contributed by atoms with van der Waals surface area (Å²) in [7, 11) is 0. The van der Waals surface area contributed by atoms with Gasteiger partial charge in [-0.05, 0) is 118 Å². The summed E-state index contributed by atoms with van der Waals surface area (Å²) >= 11 is 0. The summed E-state index contributed by atoms with van der Waals surface area (Å²) in [5, 5.41) is 2.16. The standard InChI is InChI=1S/C58H45BN2O4/c1-35-25-49-57-50(26-35)61(46-24-22-41(58(2,3)4)31-43(46)36-13-6-5-7-14-36)48-33-56-55(62-34-63-56)32-45(48)59(57)44-23-21-40(54-30-39-16-9-11-20-52(39)65-54)28-47(44)60(49)42-18-12-17-37(27-42)53-29-38-15-8-10-19-51(38)64-53/h5-23,25-33,46H,24,34H2,1-4H3. The van der Waals surface area contributed by atoms with Crippen LogP contribution in [0, 0.1) is 12.3 Å². The van der Waals surface area contributed by atoms with Gasteiger partial charge < -0.3 is 28.1 Å². The van der Waals surface area contributed by atoms with Crippen LogP contribution < -0.4 is 35.7 Å². The Balaban J connectivity index is 1.07. The SMILES string of the molecule is Cc1cc2c3c(c1)N(C1CC=C(C(C)(C)C)C=C1c1ccccc1)c1cc4c(cc1B3c1ccc(-c3cc5ccccc5o3)cc1N2c1cccc(-c2cc3ccccc3o2)c1)OCO4. The van der Waals surface area contributed by atoms with Gasteiger partial charge in [-0.1, -0.05) is 124 Å². The van der Waals surface area contributed by atoms with E-state index < -0.39 is 0 Å². The van der Waals surface area contributed by atoms with E-state index >= 15 is 0 Å². The molecule has 0 saturated carbocycles. The number of para-hydroxylation sites is 2. The first-order valence-electron chi connectivity index (χ1n) is 22.6. The van der Waals surface area contributed by atoms with E-state index in [1.54, 1.807) is 0 Å². The highest BCUT2D eigenvalue weighted by atomic mass is 16.7. The van der Waals surface area contributed by atoms with E-state index in [9.17, 15) is 0 Å². The molecule has 3 aliphatic heterocycles. The van der Waals surface area contributed by atoms with Gasteiger partial charge in [0.1, 0.15) is 22.7 Å². The molecule has 0 N–H and O–H groups in total. The lowest BCUT2D eigenvalue weighted by atomic mass is 9.33. The first-order valence-corrected chi connectivity index (χ1v) is 22.6. The van der Waals surface area contributed by atoms with Crippen LogP contribution in [0.5, 0.6) is 11.5 Å². The molecule has 0 saturated heterocycles. The maximum atomic E-state index is 6.55. The maximum absolute atomic E-state index is 6.55. The highest BCUT2D eigenvalue weighted by Gasteiger charge is 2.46. The van der Waals surface area contributed by atoms with Gasteiger partial charge in [-0.25, -0.2) is 0 Å². The molecule has 4 aliphatic rings. The van der Waals surface area contributed by atoms with Crippen molar-refractivity contribution in [2.24, 2.45) is 5.41 Å². The van der Waals surface area contributed by atoms with Crippen LogP contribution in [0.1, 0.15) is 38.3 Å². The van der Waals surface area contributed by atoms with Gasteiger partial charge >= 0.3 is 0 Å². The first-order chi connectivity index (χ1) is 31.7. The van der Waals surface area contributed by atoms with Gasteiger partial charge in [0.2, 0.25) is 6.79 Å². The zero-order valence-corrected chi connectivity index (χ0v) is 36.8. The zero-order chi connectivity index (χ0) is 43.6. The van der Waals surface area contributed by atoms with Crippen LogP contribution in [0.15, 0.2) is 184 Å². The fourth-order valence-corrected chi connectivity index (χ4v) is 10.7. The van der Waals surface area contributed by atoms with Crippen LogP contribution in [-0.2, 0) is 0 Å². The minimum atomic E-state index is -0.107. The number of allylic oxidation sites excluding steroid dienone is 2. The maximum Gasteiger partial charge on any atom is 0.252 e. The topological polar surface area (TPSA) is 51.2 Å². The predicted octanol–water partition coefficient (Wildman–Crippen LogP) is 13.1. The summed E-state index contributed by atoms with van der Waals surface area (Å²) in [4.78, 5) is 5.09. The summed E-state index contributed by atoms with van der Waals surface area (Å²) < 4.78 is 25.4. The second-order valence-corrected chi connectivity index (χ2v) is 18.9. The lowest BCUT2D eigenvalue weighted by Gasteiger charge is -2.47. The molecule has 6 nitrogen and oxygen atoms in total. The Bertz CT molecular complexity index is 3410. The largest absolute Gasteiger partial charge is 0.456 e. The van der Waals surface area contributed by atoms with Crippen molar-refractivity contribution in [3.63, 3.8) is 0 Å². The van der Waals surface area contributed by atoms with E-state index in [-0.39, 0.29) is 25.0 Å². The average Bonchev–Trinajstić information content (AvgIpc) is 4.09. The molecular formula is C58H45BN2O4. The third-order valence-electron chi connectivity index (χ3n) is 13.8. The molecule has 314 valence electrons. The number of furan rings is 2. The summed E-state index contributed by atoms with van der Waals surface area (Å²) in [6.45, 7) is 9.25. The predicted molar refractivity (Wildman–Crippen MR) is 266 cm³/mol. The smallest absolute Gasteiger partial charge is 0.252 e. The quantitative estimate of drug-likeness (QED) is 0.161. The Labute approximate surface area is 378 Å². The molecule has 0 bridgehead atoms. The Morgan fingerprint density at radius 1 is 0.569 bits per heavy atom. The highest BCUT2D eigenvalue weighted by Crippen LogP contribution is 2.49. The first kappa shape index (κ1) is 37.9. The van der Waals surface area contributed by atoms with Crippen LogP contribution in [0.25, 0.3) is 50.2 Å². The molecule has 1 aliphatic carbocycles.